The maximum atomic E-state index is 11.8. The van der Waals surface area contributed by atoms with Crippen LogP contribution in [0.25, 0.3) is 0 Å². The first-order valence-corrected chi connectivity index (χ1v) is 6.34. The van der Waals surface area contributed by atoms with Gasteiger partial charge in [-0.15, -0.1) is 0 Å². The minimum Gasteiger partial charge on any atom is -0.497 e. The van der Waals surface area contributed by atoms with E-state index in [9.17, 15) is 4.79 Å². The van der Waals surface area contributed by atoms with Crippen molar-refractivity contribution in [2.75, 3.05) is 37.9 Å². The van der Waals surface area contributed by atoms with Gasteiger partial charge in [-0.3, -0.25) is 4.79 Å². The molecule has 0 spiro atoms. The molecule has 1 rings (SSSR count). The Hall–Kier alpha value is -1.91. The number of nitrogens with zero attached hydrogens (tertiary/aromatic N) is 1. The van der Waals surface area contributed by atoms with Crippen LogP contribution in [0.1, 0.15) is 13.8 Å². The van der Waals surface area contributed by atoms with Crippen molar-refractivity contribution in [1.82, 2.24) is 5.32 Å². The number of hydrogen-bond acceptors (Lipinski definition) is 4. The molecule has 5 heteroatoms. The number of ether oxygens (including phenoxy) is 1. The zero-order valence-corrected chi connectivity index (χ0v) is 12.1. The van der Waals surface area contributed by atoms with Crippen LogP contribution >= 0.6 is 0 Å². The molecule has 0 atom stereocenters. The van der Waals surface area contributed by atoms with Crippen molar-refractivity contribution in [2.24, 2.45) is 5.92 Å². The summed E-state index contributed by atoms with van der Waals surface area (Å²) < 4.78 is 5.16. The second-order valence-electron chi connectivity index (χ2n) is 5.02. The van der Waals surface area contributed by atoms with E-state index in [0.717, 1.165) is 5.69 Å². The summed E-state index contributed by atoms with van der Waals surface area (Å²) in [5, 5.41) is 2.88. The fourth-order valence-electron chi connectivity index (χ4n) is 1.62. The SMILES string of the molecule is COc1cc(N)cc(N(C)CC(=O)NCC(C)C)c1. The molecule has 0 saturated carbocycles. The third-order valence-corrected chi connectivity index (χ3v) is 2.68. The molecule has 0 unspecified atom stereocenters. The van der Waals surface area contributed by atoms with Gasteiger partial charge in [0.1, 0.15) is 5.75 Å². The molecule has 0 aliphatic heterocycles. The third-order valence-electron chi connectivity index (χ3n) is 2.68. The van der Waals surface area contributed by atoms with Gasteiger partial charge in [0, 0.05) is 37.1 Å². The molecule has 0 heterocycles. The van der Waals surface area contributed by atoms with Crippen LogP contribution < -0.4 is 20.7 Å². The number of carbonyl (C=O) groups is 1. The van der Waals surface area contributed by atoms with E-state index >= 15 is 0 Å². The number of carbonyl (C=O) groups excluding carboxylic acids is 1. The molecule has 0 fully saturated rings. The number of likely N-dealkylation sites (N-methyl/N-ethyl adjacent to an activating group) is 1. The van der Waals surface area contributed by atoms with E-state index in [1.54, 1.807) is 13.2 Å². The monoisotopic (exact) mass is 265 g/mol. The Morgan fingerprint density at radius 2 is 2.11 bits per heavy atom. The lowest BCUT2D eigenvalue weighted by molar-refractivity contribution is -0.119. The van der Waals surface area contributed by atoms with E-state index in [4.69, 9.17) is 10.5 Å². The molecule has 0 aliphatic carbocycles. The quantitative estimate of drug-likeness (QED) is 0.765. The number of nitrogens with two attached hydrogens (primary N) is 1. The summed E-state index contributed by atoms with van der Waals surface area (Å²) in [5.74, 6) is 1.13. The Bertz CT molecular complexity index is 433. The van der Waals surface area contributed by atoms with Crippen molar-refractivity contribution in [2.45, 2.75) is 13.8 Å². The van der Waals surface area contributed by atoms with Gasteiger partial charge in [-0.25, -0.2) is 0 Å². The van der Waals surface area contributed by atoms with E-state index < -0.39 is 0 Å². The van der Waals surface area contributed by atoms with E-state index in [1.807, 2.05) is 24.1 Å². The molecule has 19 heavy (non-hydrogen) atoms. The second-order valence-corrected chi connectivity index (χ2v) is 5.02. The summed E-state index contributed by atoms with van der Waals surface area (Å²) in [6.45, 7) is 5.10. The largest absolute Gasteiger partial charge is 0.497 e. The normalized spacial score (nSPS) is 10.4. The van der Waals surface area contributed by atoms with Crippen LogP contribution in [-0.2, 0) is 4.79 Å². The molecule has 0 aliphatic rings. The maximum Gasteiger partial charge on any atom is 0.239 e. The first-order chi connectivity index (χ1) is 8.92. The Labute approximate surface area is 114 Å². The first kappa shape index (κ1) is 15.1. The van der Waals surface area contributed by atoms with Gasteiger partial charge >= 0.3 is 0 Å². The van der Waals surface area contributed by atoms with Crippen molar-refractivity contribution in [3.05, 3.63) is 18.2 Å². The molecule has 0 radical (unpaired) electrons. The topological polar surface area (TPSA) is 67.6 Å². The molecule has 0 saturated heterocycles. The third kappa shape index (κ3) is 5.07. The predicted octanol–water partition coefficient (Wildman–Crippen LogP) is 1.49. The molecule has 1 aromatic rings. The minimum atomic E-state index is -0.00223. The number of methoxy groups -OCH3 is 1. The highest BCUT2D eigenvalue weighted by Crippen LogP contribution is 2.24. The van der Waals surface area contributed by atoms with E-state index in [2.05, 4.69) is 19.2 Å². The van der Waals surface area contributed by atoms with Crippen molar-refractivity contribution < 1.29 is 9.53 Å². The van der Waals surface area contributed by atoms with Crippen molar-refractivity contribution in [3.8, 4) is 5.75 Å². The molecule has 1 amide bonds. The van der Waals surface area contributed by atoms with E-state index in [-0.39, 0.29) is 5.91 Å². The maximum absolute atomic E-state index is 11.8. The smallest absolute Gasteiger partial charge is 0.239 e. The Balaban J connectivity index is 2.64. The highest BCUT2D eigenvalue weighted by atomic mass is 16.5. The van der Waals surface area contributed by atoms with Crippen LogP contribution in [0.3, 0.4) is 0 Å². The Kier molecular flexibility index (Phi) is 5.48. The zero-order valence-electron chi connectivity index (χ0n) is 12.1. The lowest BCUT2D eigenvalue weighted by Gasteiger charge is -2.20. The number of nitrogens with one attached hydrogen (secondary N) is 1. The molecular weight excluding hydrogens is 242 g/mol. The summed E-state index contributed by atoms with van der Waals surface area (Å²) in [4.78, 5) is 13.6. The van der Waals surface area contributed by atoms with E-state index in [1.165, 1.54) is 0 Å². The summed E-state index contributed by atoms with van der Waals surface area (Å²) >= 11 is 0. The summed E-state index contributed by atoms with van der Waals surface area (Å²) in [5.41, 5.74) is 7.27. The van der Waals surface area contributed by atoms with Crippen LogP contribution in [0, 0.1) is 5.92 Å². The first-order valence-electron chi connectivity index (χ1n) is 6.34. The van der Waals surface area contributed by atoms with Crippen molar-refractivity contribution >= 4 is 17.3 Å². The Morgan fingerprint density at radius 3 is 2.68 bits per heavy atom. The standard InChI is InChI=1S/C14H23N3O2/c1-10(2)8-16-14(18)9-17(3)12-5-11(15)6-13(7-12)19-4/h5-7,10H,8-9,15H2,1-4H3,(H,16,18). The molecule has 1 aromatic carbocycles. The van der Waals surface area contributed by atoms with Gasteiger partial charge in [-0.2, -0.15) is 0 Å². The lowest BCUT2D eigenvalue weighted by Crippen LogP contribution is -2.36. The minimum absolute atomic E-state index is 0.00223. The fourth-order valence-corrected chi connectivity index (χ4v) is 1.62. The zero-order chi connectivity index (χ0) is 14.4. The number of amides is 1. The summed E-state index contributed by atoms with van der Waals surface area (Å²) in [6, 6.07) is 5.42. The van der Waals surface area contributed by atoms with E-state index in [0.29, 0.717) is 30.4 Å². The van der Waals surface area contributed by atoms with Gasteiger partial charge in [0.05, 0.1) is 13.7 Å². The molecule has 0 bridgehead atoms. The van der Waals surface area contributed by atoms with Crippen LogP contribution in [0.2, 0.25) is 0 Å². The number of anilines is 2. The average molecular weight is 265 g/mol. The van der Waals surface area contributed by atoms with Crippen LogP contribution in [0.4, 0.5) is 11.4 Å². The van der Waals surface area contributed by atoms with Gasteiger partial charge in [0.2, 0.25) is 5.91 Å². The van der Waals surface area contributed by atoms with Gasteiger partial charge in [-0.05, 0) is 12.0 Å². The summed E-state index contributed by atoms with van der Waals surface area (Å²) in [7, 11) is 3.44. The van der Waals surface area contributed by atoms with Gasteiger partial charge < -0.3 is 20.7 Å². The van der Waals surface area contributed by atoms with Gasteiger partial charge in [-0.1, -0.05) is 13.8 Å². The number of nitrogen functional groups attached to an aromatic ring is 1. The van der Waals surface area contributed by atoms with Gasteiger partial charge in [0.25, 0.3) is 0 Å². The number of hydrogen-bond donors (Lipinski definition) is 2. The lowest BCUT2D eigenvalue weighted by atomic mass is 10.2. The van der Waals surface area contributed by atoms with Crippen LogP contribution in [0.15, 0.2) is 18.2 Å². The fraction of sp³-hybridized carbons (Fsp3) is 0.500. The van der Waals surface area contributed by atoms with Gasteiger partial charge in [0.15, 0.2) is 0 Å². The molecule has 0 aromatic heterocycles. The molecular formula is C14H23N3O2. The molecule has 106 valence electrons. The average Bonchev–Trinajstić information content (AvgIpc) is 2.35. The van der Waals surface area contributed by atoms with Crippen molar-refractivity contribution in [1.29, 1.82) is 0 Å². The van der Waals surface area contributed by atoms with Crippen LogP contribution in [-0.4, -0.2) is 33.2 Å². The second kappa shape index (κ2) is 6.87. The number of benzene rings is 1. The molecule has 5 nitrogen and oxygen atoms in total. The van der Waals surface area contributed by atoms with Crippen molar-refractivity contribution in [3.63, 3.8) is 0 Å². The van der Waals surface area contributed by atoms with Crippen LogP contribution in [0.5, 0.6) is 5.75 Å². The summed E-state index contributed by atoms with van der Waals surface area (Å²) in [6.07, 6.45) is 0. The highest BCUT2D eigenvalue weighted by molar-refractivity contribution is 5.81. The predicted molar refractivity (Wildman–Crippen MR) is 78.5 cm³/mol. The molecule has 3 N–H and O–H groups in total. The highest BCUT2D eigenvalue weighted by Gasteiger charge is 2.09. The number of rotatable bonds is 6. The Morgan fingerprint density at radius 1 is 1.42 bits per heavy atom.